The van der Waals surface area contributed by atoms with Gasteiger partial charge in [0.15, 0.2) is 0 Å². The summed E-state index contributed by atoms with van der Waals surface area (Å²) in [5.74, 6) is -0.762. The topological polar surface area (TPSA) is 81.3 Å². The average molecular weight is 334 g/mol. The van der Waals surface area contributed by atoms with Gasteiger partial charge in [-0.15, -0.1) is 0 Å². The Morgan fingerprint density at radius 3 is 3.17 bits per heavy atom. The predicted molar refractivity (Wildman–Crippen MR) is 89.3 cm³/mol. The van der Waals surface area contributed by atoms with Gasteiger partial charge in [0.25, 0.3) is 5.91 Å². The molecule has 1 atom stereocenters. The van der Waals surface area contributed by atoms with E-state index in [-0.39, 0.29) is 18.1 Å². The van der Waals surface area contributed by atoms with E-state index in [1.165, 1.54) is 18.5 Å². The number of carbonyl (C=O) groups is 1. The average Bonchev–Trinajstić information content (AvgIpc) is 3.21. The van der Waals surface area contributed by atoms with Gasteiger partial charge in [-0.05, 0) is 50.9 Å². The van der Waals surface area contributed by atoms with Crippen molar-refractivity contribution in [3.63, 3.8) is 0 Å². The van der Waals surface area contributed by atoms with Crippen molar-refractivity contribution in [2.75, 3.05) is 26.2 Å². The summed E-state index contributed by atoms with van der Waals surface area (Å²) >= 11 is 0. The molecule has 1 fully saturated rings. The van der Waals surface area contributed by atoms with Crippen LogP contribution < -0.4 is 5.32 Å². The third-order valence-corrected chi connectivity index (χ3v) is 4.60. The van der Waals surface area contributed by atoms with E-state index in [1.807, 2.05) is 0 Å². The summed E-state index contributed by atoms with van der Waals surface area (Å²) in [5, 5.41) is 12.1. The van der Waals surface area contributed by atoms with Gasteiger partial charge in [0.05, 0.1) is 24.0 Å². The van der Waals surface area contributed by atoms with Gasteiger partial charge in [0.2, 0.25) is 0 Å². The smallest absolute Gasteiger partial charge is 0.253 e. The number of fused-ring (bicyclic) bond motifs is 1. The zero-order chi connectivity index (χ0) is 16.9. The largest absolute Gasteiger partial charge is 0.395 e. The van der Waals surface area contributed by atoms with Crippen LogP contribution in [0.4, 0.5) is 4.39 Å². The Morgan fingerprint density at radius 1 is 1.46 bits per heavy atom. The number of nitrogens with zero attached hydrogens (tertiary/aromatic N) is 2. The van der Waals surface area contributed by atoms with Crippen LogP contribution in [0.1, 0.15) is 36.0 Å². The van der Waals surface area contributed by atoms with Gasteiger partial charge in [-0.25, -0.2) is 9.37 Å². The van der Waals surface area contributed by atoms with Crippen LogP contribution in [0, 0.1) is 5.82 Å². The van der Waals surface area contributed by atoms with Crippen LogP contribution in [0.25, 0.3) is 11.0 Å². The number of aromatic amines is 1. The molecule has 1 unspecified atom stereocenters. The van der Waals surface area contributed by atoms with Crippen molar-refractivity contribution in [1.82, 2.24) is 20.2 Å². The van der Waals surface area contributed by atoms with Gasteiger partial charge in [-0.1, -0.05) is 0 Å². The van der Waals surface area contributed by atoms with Crippen LogP contribution in [0.5, 0.6) is 0 Å². The second-order valence-electron chi connectivity index (χ2n) is 6.23. The van der Waals surface area contributed by atoms with E-state index in [1.54, 1.807) is 0 Å². The van der Waals surface area contributed by atoms with Crippen LogP contribution in [0.2, 0.25) is 0 Å². The van der Waals surface area contributed by atoms with Gasteiger partial charge in [-0.2, -0.15) is 0 Å². The number of benzene rings is 1. The fraction of sp³-hybridized carbons (Fsp3) is 0.529. The highest BCUT2D eigenvalue weighted by atomic mass is 19.1. The molecule has 2 heterocycles. The summed E-state index contributed by atoms with van der Waals surface area (Å²) in [7, 11) is 0. The number of carbonyl (C=O) groups excluding carboxylic acids is 1. The zero-order valence-corrected chi connectivity index (χ0v) is 13.6. The number of amides is 1. The molecule has 3 N–H and O–H groups in total. The SMILES string of the molecule is O=C(NCCCCN1CCCC1CO)c1cc(F)cc2[nH]cnc12. The van der Waals surface area contributed by atoms with E-state index >= 15 is 0 Å². The van der Waals surface area contributed by atoms with E-state index in [0.29, 0.717) is 23.6 Å². The standard InChI is InChI=1S/C17H23FN4O2/c18-12-8-14(16-15(9-12)20-11-21-16)17(24)19-5-1-2-6-22-7-3-4-13(22)10-23/h8-9,11,13,23H,1-7,10H2,(H,19,24)(H,20,21). The summed E-state index contributed by atoms with van der Waals surface area (Å²) in [6, 6.07) is 2.83. The van der Waals surface area contributed by atoms with Crippen molar-refractivity contribution >= 4 is 16.9 Å². The molecule has 1 amide bonds. The molecule has 130 valence electrons. The van der Waals surface area contributed by atoms with Crippen LogP contribution in [0.15, 0.2) is 18.5 Å². The molecule has 0 bridgehead atoms. The minimum Gasteiger partial charge on any atom is -0.395 e. The molecule has 1 aromatic carbocycles. The van der Waals surface area contributed by atoms with Crippen molar-refractivity contribution in [3.8, 4) is 0 Å². The maximum atomic E-state index is 13.6. The van der Waals surface area contributed by atoms with Gasteiger partial charge < -0.3 is 15.4 Å². The monoisotopic (exact) mass is 334 g/mol. The third kappa shape index (κ3) is 3.73. The Balaban J connectivity index is 1.46. The molecule has 6 nitrogen and oxygen atoms in total. The van der Waals surface area contributed by atoms with E-state index in [2.05, 4.69) is 20.2 Å². The highest BCUT2D eigenvalue weighted by molar-refractivity contribution is 6.04. The summed E-state index contributed by atoms with van der Waals surface area (Å²) in [5.41, 5.74) is 1.26. The number of aromatic nitrogens is 2. The number of hydrogen-bond acceptors (Lipinski definition) is 4. The minimum atomic E-state index is -0.457. The lowest BCUT2D eigenvalue weighted by Gasteiger charge is -2.22. The number of nitrogens with one attached hydrogen (secondary N) is 2. The molecule has 3 rings (SSSR count). The first-order valence-electron chi connectivity index (χ1n) is 8.45. The first kappa shape index (κ1) is 16.9. The molecular weight excluding hydrogens is 311 g/mol. The number of aliphatic hydroxyl groups excluding tert-OH is 1. The molecule has 1 saturated heterocycles. The lowest BCUT2D eigenvalue weighted by Crippen LogP contribution is -2.33. The molecule has 0 saturated carbocycles. The third-order valence-electron chi connectivity index (χ3n) is 4.60. The number of unbranched alkanes of at least 4 members (excludes halogenated alkanes) is 1. The van der Waals surface area contributed by atoms with Crippen LogP contribution in [0.3, 0.4) is 0 Å². The van der Waals surface area contributed by atoms with Crippen molar-refractivity contribution in [3.05, 3.63) is 29.8 Å². The van der Waals surface area contributed by atoms with Crippen LogP contribution in [-0.4, -0.2) is 58.2 Å². The molecule has 0 spiro atoms. The molecule has 0 aliphatic carbocycles. The van der Waals surface area contributed by atoms with Crippen molar-refractivity contribution in [2.24, 2.45) is 0 Å². The van der Waals surface area contributed by atoms with Gasteiger partial charge in [-0.3, -0.25) is 9.69 Å². The molecule has 1 aliphatic heterocycles. The normalized spacial score (nSPS) is 18.3. The lowest BCUT2D eigenvalue weighted by molar-refractivity contribution is 0.0953. The highest BCUT2D eigenvalue weighted by Crippen LogP contribution is 2.18. The Hall–Kier alpha value is -1.99. The Kier molecular flexibility index (Phi) is 5.42. The number of halogens is 1. The zero-order valence-electron chi connectivity index (χ0n) is 13.6. The van der Waals surface area contributed by atoms with Crippen molar-refractivity contribution in [2.45, 2.75) is 31.7 Å². The fourth-order valence-corrected chi connectivity index (χ4v) is 3.32. The number of aliphatic hydroxyl groups is 1. The quantitative estimate of drug-likeness (QED) is 0.673. The molecule has 7 heteroatoms. The maximum absolute atomic E-state index is 13.6. The maximum Gasteiger partial charge on any atom is 0.253 e. The number of hydrogen-bond donors (Lipinski definition) is 3. The van der Waals surface area contributed by atoms with Crippen molar-refractivity contribution in [1.29, 1.82) is 0 Å². The Labute approximate surface area is 140 Å². The summed E-state index contributed by atoms with van der Waals surface area (Å²) in [4.78, 5) is 21.5. The molecule has 24 heavy (non-hydrogen) atoms. The van der Waals surface area contributed by atoms with Gasteiger partial charge >= 0.3 is 0 Å². The minimum absolute atomic E-state index is 0.218. The number of likely N-dealkylation sites (tertiary alicyclic amines) is 1. The molecule has 1 aliphatic rings. The first-order valence-corrected chi connectivity index (χ1v) is 8.45. The van der Waals surface area contributed by atoms with Crippen LogP contribution >= 0.6 is 0 Å². The van der Waals surface area contributed by atoms with E-state index in [9.17, 15) is 14.3 Å². The Morgan fingerprint density at radius 2 is 2.33 bits per heavy atom. The summed E-state index contributed by atoms with van der Waals surface area (Å²) in [6.45, 7) is 2.73. The summed E-state index contributed by atoms with van der Waals surface area (Å²) < 4.78 is 13.6. The molecule has 0 radical (unpaired) electrons. The van der Waals surface area contributed by atoms with E-state index < -0.39 is 5.82 Å². The number of imidazole rings is 1. The second-order valence-corrected chi connectivity index (χ2v) is 6.23. The fourth-order valence-electron chi connectivity index (χ4n) is 3.32. The highest BCUT2D eigenvalue weighted by Gasteiger charge is 2.22. The molecular formula is C17H23FN4O2. The van der Waals surface area contributed by atoms with Crippen molar-refractivity contribution < 1.29 is 14.3 Å². The Bertz CT molecular complexity index is 703. The second kappa shape index (κ2) is 7.72. The number of rotatable bonds is 7. The molecule has 1 aromatic heterocycles. The van der Waals surface area contributed by atoms with E-state index in [0.717, 1.165) is 38.8 Å². The van der Waals surface area contributed by atoms with E-state index in [4.69, 9.17) is 0 Å². The first-order chi connectivity index (χ1) is 11.7. The summed E-state index contributed by atoms with van der Waals surface area (Å²) in [6.07, 6.45) is 5.46. The molecule has 2 aromatic rings. The lowest BCUT2D eigenvalue weighted by atomic mass is 10.1. The van der Waals surface area contributed by atoms with Gasteiger partial charge in [0.1, 0.15) is 11.3 Å². The van der Waals surface area contributed by atoms with Gasteiger partial charge in [0, 0.05) is 12.6 Å². The number of H-pyrrole nitrogens is 1. The van der Waals surface area contributed by atoms with Crippen LogP contribution in [-0.2, 0) is 0 Å². The predicted octanol–water partition coefficient (Wildman–Crippen LogP) is 1.67.